The maximum Gasteiger partial charge on any atom is 0.257 e. The second kappa shape index (κ2) is 7.58. The van der Waals surface area contributed by atoms with Crippen molar-refractivity contribution < 1.29 is 14.3 Å². The van der Waals surface area contributed by atoms with Crippen molar-refractivity contribution in [1.82, 2.24) is 4.98 Å². The Kier molecular flexibility index (Phi) is 5.23. The average Bonchev–Trinajstić information content (AvgIpc) is 3.01. The first kappa shape index (κ1) is 17.9. The van der Waals surface area contributed by atoms with Gasteiger partial charge in [-0.3, -0.25) is 10.1 Å². The molecule has 3 rings (SSSR count). The zero-order valence-corrected chi connectivity index (χ0v) is 15.9. The molecule has 0 radical (unpaired) electrons. The third-order valence-corrected chi connectivity index (χ3v) is 4.96. The van der Waals surface area contributed by atoms with Crippen LogP contribution in [0.15, 0.2) is 42.5 Å². The van der Waals surface area contributed by atoms with Gasteiger partial charge in [0.1, 0.15) is 11.5 Å². The van der Waals surface area contributed by atoms with Crippen LogP contribution in [0.1, 0.15) is 20.8 Å². The Hall–Kier alpha value is -2.86. The van der Waals surface area contributed by atoms with Crippen molar-refractivity contribution in [1.29, 1.82) is 0 Å². The van der Waals surface area contributed by atoms with Crippen LogP contribution in [0, 0.1) is 13.8 Å². The molecule has 0 saturated carbocycles. The van der Waals surface area contributed by atoms with Gasteiger partial charge in [-0.25, -0.2) is 4.98 Å². The third-order valence-electron chi connectivity index (χ3n) is 4.07. The third kappa shape index (κ3) is 3.55. The summed E-state index contributed by atoms with van der Waals surface area (Å²) in [5.74, 6) is 1.23. The van der Waals surface area contributed by atoms with Gasteiger partial charge in [-0.2, -0.15) is 0 Å². The largest absolute Gasteiger partial charge is 0.497 e. The van der Waals surface area contributed by atoms with E-state index in [1.165, 1.54) is 11.3 Å². The van der Waals surface area contributed by atoms with Gasteiger partial charge in [0.25, 0.3) is 5.91 Å². The Labute approximate surface area is 156 Å². The number of thiazole rings is 1. The van der Waals surface area contributed by atoms with Crippen molar-refractivity contribution in [3.63, 3.8) is 0 Å². The summed E-state index contributed by atoms with van der Waals surface area (Å²) >= 11 is 1.44. The maximum atomic E-state index is 12.5. The molecule has 0 fully saturated rings. The predicted molar refractivity (Wildman–Crippen MR) is 105 cm³/mol. The SMILES string of the molecule is COc1ccc(-c2nc(NC(=O)c3ccccc3C)sc2C)c(OC)c1. The molecule has 0 aliphatic rings. The summed E-state index contributed by atoms with van der Waals surface area (Å²) in [6, 6.07) is 13.1. The lowest BCUT2D eigenvalue weighted by Gasteiger charge is -2.09. The fourth-order valence-electron chi connectivity index (χ4n) is 2.69. The lowest BCUT2D eigenvalue weighted by Crippen LogP contribution is -2.13. The van der Waals surface area contributed by atoms with Crippen molar-refractivity contribution in [2.45, 2.75) is 13.8 Å². The van der Waals surface area contributed by atoms with E-state index < -0.39 is 0 Å². The number of amides is 1. The van der Waals surface area contributed by atoms with E-state index in [0.717, 1.165) is 21.7 Å². The van der Waals surface area contributed by atoms with Gasteiger partial charge in [-0.15, -0.1) is 11.3 Å². The number of ether oxygens (including phenoxy) is 2. The normalized spacial score (nSPS) is 10.5. The molecule has 5 nitrogen and oxygen atoms in total. The molecule has 26 heavy (non-hydrogen) atoms. The van der Waals surface area contributed by atoms with Gasteiger partial charge < -0.3 is 9.47 Å². The fraction of sp³-hybridized carbons (Fsp3) is 0.200. The highest BCUT2D eigenvalue weighted by Gasteiger charge is 2.17. The fourth-order valence-corrected chi connectivity index (χ4v) is 3.51. The Morgan fingerprint density at radius 2 is 1.85 bits per heavy atom. The molecule has 1 heterocycles. The first-order valence-corrected chi connectivity index (χ1v) is 8.92. The van der Waals surface area contributed by atoms with Gasteiger partial charge >= 0.3 is 0 Å². The average molecular weight is 368 g/mol. The number of carbonyl (C=O) groups excluding carboxylic acids is 1. The number of aromatic nitrogens is 1. The molecule has 0 aliphatic heterocycles. The molecular weight excluding hydrogens is 348 g/mol. The molecule has 3 aromatic rings. The zero-order valence-electron chi connectivity index (χ0n) is 15.1. The summed E-state index contributed by atoms with van der Waals surface area (Å²) < 4.78 is 10.7. The minimum Gasteiger partial charge on any atom is -0.497 e. The standard InChI is InChI=1S/C20H20N2O3S/c1-12-7-5-6-8-15(12)19(23)22-20-21-18(13(2)26-20)16-10-9-14(24-3)11-17(16)25-4/h5-11H,1-4H3,(H,21,22,23). The molecule has 1 amide bonds. The summed E-state index contributed by atoms with van der Waals surface area (Å²) in [5, 5.41) is 3.45. The van der Waals surface area contributed by atoms with Crippen LogP contribution in [-0.4, -0.2) is 25.1 Å². The van der Waals surface area contributed by atoms with Crippen LogP contribution in [0.25, 0.3) is 11.3 Å². The highest BCUT2D eigenvalue weighted by Crippen LogP contribution is 2.37. The van der Waals surface area contributed by atoms with Crippen molar-refractivity contribution in [2.24, 2.45) is 0 Å². The Bertz CT molecular complexity index is 950. The number of nitrogens with one attached hydrogen (secondary N) is 1. The molecule has 0 unspecified atom stereocenters. The van der Waals surface area contributed by atoms with Crippen molar-refractivity contribution >= 4 is 22.4 Å². The molecule has 0 aliphatic carbocycles. The van der Waals surface area contributed by atoms with Crippen LogP contribution in [0.2, 0.25) is 0 Å². The maximum absolute atomic E-state index is 12.5. The van der Waals surface area contributed by atoms with E-state index in [9.17, 15) is 4.79 Å². The molecule has 0 bridgehead atoms. The van der Waals surface area contributed by atoms with Gasteiger partial charge in [-0.05, 0) is 37.6 Å². The van der Waals surface area contributed by atoms with E-state index in [1.807, 2.05) is 50.2 Å². The molecule has 1 aromatic heterocycles. The molecule has 1 N–H and O–H groups in total. The lowest BCUT2D eigenvalue weighted by atomic mass is 10.1. The number of benzene rings is 2. The second-order valence-electron chi connectivity index (χ2n) is 5.76. The van der Waals surface area contributed by atoms with Crippen LogP contribution in [0.5, 0.6) is 11.5 Å². The number of aryl methyl sites for hydroxylation is 2. The summed E-state index contributed by atoms with van der Waals surface area (Å²) in [7, 11) is 3.22. The van der Waals surface area contributed by atoms with E-state index in [1.54, 1.807) is 20.3 Å². The summed E-state index contributed by atoms with van der Waals surface area (Å²) in [6.07, 6.45) is 0. The van der Waals surface area contributed by atoms with Crippen LogP contribution < -0.4 is 14.8 Å². The number of hydrogen-bond acceptors (Lipinski definition) is 5. The van der Waals surface area contributed by atoms with Crippen LogP contribution in [0.3, 0.4) is 0 Å². The van der Waals surface area contributed by atoms with E-state index >= 15 is 0 Å². The van der Waals surface area contributed by atoms with Crippen LogP contribution in [0.4, 0.5) is 5.13 Å². The quantitative estimate of drug-likeness (QED) is 0.709. The summed E-state index contributed by atoms with van der Waals surface area (Å²) in [6.45, 7) is 3.88. The minimum absolute atomic E-state index is 0.162. The van der Waals surface area contributed by atoms with Gasteiger partial charge in [0.05, 0.1) is 19.9 Å². The number of hydrogen-bond donors (Lipinski definition) is 1. The summed E-state index contributed by atoms with van der Waals surface area (Å²) in [5.41, 5.74) is 3.22. The number of methoxy groups -OCH3 is 2. The Morgan fingerprint density at radius 1 is 1.08 bits per heavy atom. The molecule has 0 atom stereocenters. The van der Waals surface area contributed by atoms with Crippen molar-refractivity contribution in [3.8, 4) is 22.8 Å². The van der Waals surface area contributed by atoms with Crippen molar-refractivity contribution in [2.75, 3.05) is 19.5 Å². The van der Waals surface area contributed by atoms with Crippen molar-refractivity contribution in [3.05, 3.63) is 58.5 Å². The van der Waals surface area contributed by atoms with Gasteiger partial charge in [0.2, 0.25) is 0 Å². The second-order valence-corrected chi connectivity index (χ2v) is 6.96. The lowest BCUT2D eigenvalue weighted by molar-refractivity contribution is 0.102. The minimum atomic E-state index is -0.162. The van der Waals surface area contributed by atoms with E-state index in [-0.39, 0.29) is 5.91 Å². The summed E-state index contributed by atoms with van der Waals surface area (Å²) in [4.78, 5) is 18.1. The number of rotatable bonds is 5. The number of nitrogens with zero attached hydrogens (tertiary/aromatic N) is 1. The molecule has 6 heteroatoms. The van der Waals surface area contributed by atoms with Crippen LogP contribution >= 0.6 is 11.3 Å². The topological polar surface area (TPSA) is 60.5 Å². The predicted octanol–water partition coefficient (Wildman–Crippen LogP) is 4.70. The first-order valence-electron chi connectivity index (χ1n) is 8.10. The monoisotopic (exact) mass is 368 g/mol. The first-order chi connectivity index (χ1) is 12.5. The number of anilines is 1. The zero-order chi connectivity index (χ0) is 18.7. The van der Waals surface area contributed by atoms with E-state index in [4.69, 9.17) is 9.47 Å². The van der Waals surface area contributed by atoms with E-state index in [0.29, 0.717) is 22.2 Å². The highest BCUT2D eigenvalue weighted by molar-refractivity contribution is 7.16. The Balaban J connectivity index is 1.91. The van der Waals surface area contributed by atoms with Crippen LogP contribution in [-0.2, 0) is 0 Å². The molecule has 0 spiro atoms. The smallest absolute Gasteiger partial charge is 0.257 e. The van der Waals surface area contributed by atoms with Gasteiger partial charge in [0, 0.05) is 22.1 Å². The van der Waals surface area contributed by atoms with Gasteiger partial charge in [-0.1, -0.05) is 18.2 Å². The molecular formula is C20H20N2O3S. The molecule has 134 valence electrons. The van der Waals surface area contributed by atoms with Gasteiger partial charge in [0.15, 0.2) is 5.13 Å². The van der Waals surface area contributed by atoms with E-state index in [2.05, 4.69) is 10.3 Å². The highest BCUT2D eigenvalue weighted by atomic mass is 32.1. The molecule has 0 saturated heterocycles. The molecule has 2 aromatic carbocycles. The number of carbonyl (C=O) groups is 1. The Morgan fingerprint density at radius 3 is 2.54 bits per heavy atom.